The number of para-hydroxylation sites is 1. The number of aliphatic imine (C=N–C) groups is 1. The fourth-order valence-electron chi connectivity index (χ4n) is 2.82. The van der Waals surface area contributed by atoms with Gasteiger partial charge in [-0.25, -0.2) is 4.99 Å². The molecule has 0 saturated heterocycles. The molecule has 3 aromatic rings. The maximum atomic E-state index is 11.9. The van der Waals surface area contributed by atoms with Gasteiger partial charge in [-0.1, -0.05) is 60.2 Å². The quantitative estimate of drug-likeness (QED) is 0.441. The van der Waals surface area contributed by atoms with Gasteiger partial charge in [0.2, 0.25) is 0 Å². The van der Waals surface area contributed by atoms with Gasteiger partial charge in [0, 0.05) is 24.8 Å². The molecule has 5 heteroatoms. The number of rotatable bonds is 6. The van der Waals surface area contributed by atoms with Crippen LogP contribution in [0.5, 0.6) is 0 Å². The van der Waals surface area contributed by atoms with Crippen LogP contribution in [0.1, 0.15) is 27.0 Å². The molecule has 0 aliphatic carbocycles. The van der Waals surface area contributed by atoms with Gasteiger partial charge in [0.25, 0.3) is 5.91 Å². The Labute approximate surface area is 171 Å². The number of guanidine groups is 1. The van der Waals surface area contributed by atoms with Gasteiger partial charge in [-0.2, -0.15) is 0 Å². The Kier molecular flexibility index (Phi) is 7.00. The molecule has 3 rings (SSSR count). The number of benzene rings is 3. The van der Waals surface area contributed by atoms with E-state index >= 15 is 0 Å². The van der Waals surface area contributed by atoms with Gasteiger partial charge in [-0.05, 0) is 42.3 Å². The number of aryl methyl sites for hydroxylation is 1. The molecule has 0 atom stereocenters. The SMILES string of the molecule is CNC(=O)c1cccc(CN=C(NCc2ccc(C)cc2)Nc2ccccc2)c1. The molecule has 5 nitrogen and oxygen atoms in total. The van der Waals surface area contributed by atoms with E-state index in [1.807, 2.05) is 48.5 Å². The molecule has 3 aromatic carbocycles. The highest BCUT2D eigenvalue weighted by Crippen LogP contribution is 2.09. The van der Waals surface area contributed by atoms with Crippen LogP contribution in [0.4, 0.5) is 5.69 Å². The summed E-state index contributed by atoms with van der Waals surface area (Å²) in [6.07, 6.45) is 0. The third kappa shape index (κ3) is 6.21. The number of anilines is 1. The van der Waals surface area contributed by atoms with Crippen molar-refractivity contribution in [1.82, 2.24) is 10.6 Å². The molecule has 1 amide bonds. The summed E-state index contributed by atoms with van der Waals surface area (Å²) in [4.78, 5) is 16.6. The van der Waals surface area contributed by atoms with E-state index in [0.717, 1.165) is 11.3 Å². The predicted octanol–water partition coefficient (Wildman–Crippen LogP) is 4.11. The van der Waals surface area contributed by atoms with E-state index in [1.54, 1.807) is 13.1 Å². The molecule has 3 N–H and O–H groups in total. The summed E-state index contributed by atoms with van der Waals surface area (Å²) < 4.78 is 0. The van der Waals surface area contributed by atoms with Crippen LogP contribution < -0.4 is 16.0 Å². The van der Waals surface area contributed by atoms with Crippen LogP contribution in [0.15, 0.2) is 83.9 Å². The molecule has 148 valence electrons. The van der Waals surface area contributed by atoms with Crippen LogP contribution in [0.25, 0.3) is 0 Å². The van der Waals surface area contributed by atoms with Crippen LogP contribution in [0.2, 0.25) is 0 Å². The topological polar surface area (TPSA) is 65.5 Å². The highest BCUT2D eigenvalue weighted by Gasteiger charge is 2.05. The zero-order chi connectivity index (χ0) is 20.5. The Bertz CT molecular complexity index is 966. The first kappa shape index (κ1) is 20.1. The standard InChI is InChI=1S/C24H26N4O/c1-18-11-13-19(14-12-18)16-26-24(28-22-9-4-3-5-10-22)27-17-20-7-6-8-21(15-20)23(29)25-2/h3-15H,16-17H2,1-2H3,(H,25,29)(H2,26,27,28). The average molecular weight is 386 g/mol. The number of carbonyl (C=O) groups excluding carboxylic acids is 1. The van der Waals surface area contributed by atoms with Crippen molar-refractivity contribution in [3.05, 3.63) is 101 Å². The Balaban J connectivity index is 1.74. The smallest absolute Gasteiger partial charge is 0.251 e. The molecule has 0 aromatic heterocycles. The average Bonchev–Trinajstić information content (AvgIpc) is 2.77. The highest BCUT2D eigenvalue weighted by atomic mass is 16.1. The van der Waals surface area contributed by atoms with Gasteiger partial charge >= 0.3 is 0 Å². The summed E-state index contributed by atoms with van der Waals surface area (Å²) in [5, 5.41) is 9.37. The summed E-state index contributed by atoms with van der Waals surface area (Å²) in [7, 11) is 1.63. The van der Waals surface area contributed by atoms with Crippen molar-refractivity contribution >= 4 is 17.6 Å². The second kappa shape index (κ2) is 10.1. The van der Waals surface area contributed by atoms with Crippen molar-refractivity contribution in [3.8, 4) is 0 Å². The maximum Gasteiger partial charge on any atom is 0.251 e. The zero-order valence-electron chi connectivity index (χ0n) is 16.8. The second-order valence-electron chi connectivity index (χ2n) is 6.77. The van der Waals surface area contributed by atoms with E-state index in [4.69, 9.17) is 4.99 Å². The van der Waals surface area contributed by atoms with Gasteiger partial charge in [-0.3, -0.25) is 4.79 Å². The van der Waals surface area contributed by atoms with Crippen molar-refractivity contribution in [3.63, 3.8) is 0 Å². The fourth-order valence-corrected chi connectivity index (χ4v) is 2.82. The van der Waals surface area contributed by atoms with Crippen LogP contribution in [0, 0.1) is 6.92 Å². The molecule has 0 saturated carbocycles. The zero-order valence-corrected chi connectivity index (χ0v) is 16.8. The van der Waals surface area contributed by atoms with E-state index < -0.39 is 0 Å². The lowest BCUT2D eigenvalue weighted by Gasteiger charge is -2.13. The van der Waals surface area contributed by atoms with Gasteiger partial charge in [-0.15, -0.1) is 0 Å². The number of carbonyl (C=O) groups is 1. The first-order valence-corrected chi connectivity index (χ1v) is 9.61. The molecule has 29 heavy (non-hydrogen) atoms. The second-order valence-corrected chi connectivity index (χ2v) is 6.77. The Hall–Kier alpha value is -3.60. The normalized spacial score (nSPS) is 11.0. The third-order valence-electron chi connectivity index (χ3n) is 4.45. The molecular weight excluding hydrogens is 360 g/mol. The van der Waals surface area contributed by atoms with Gasteiger partial charge in [0.1, 0.15) is 0 Å². The summed E-state index contributed by atoms with van der Waals surface area (Å²) in [6.45, 7) is 3.20. The summed E-state index contributed by atoms with van der Waals surface area (Å²) in [5.41, 5.74) is 4.98. The van der Waals surface area contributed by atoms with E-state index in [9.17, 15) is 4.79 Å². The molecule has 0 fully saturated rings. The molecule has 0 unspecified atom stereocenters. The van der Waals surface area contributed by atoms with Gasteiger partial charge in [0.15, 0.2) is 5.96 Å². The lowest BCUT2D eigenvalue weighted by molar-refractivity contribution is 0.0963. The van der Waals surface area contributed by atoms with E-state index in [1.165, 1.54) is 11.1 Å². The minimum absolute atomic E-state index is 0.101. The minimum atomic E-state index is -0.101. The molecule has 0 bridgehead atoms. The van der Waals surface area contributed by atoms with Crippen molar-refractivity contribution < 1.29 is 4.79 Å². The lowest BCUT2D eigenvalue weighted by atomic mass is 10.1. The summed E-state index contributed by atoms with van der Waals surface area (Å²) in [6, 6.07) is 25.8. The van der Waals surface area contributed by atoms with Crippen LogP contribution in [-0.4, -0.2) is 18.9 Å². The molecule has 0 aliphatic rings. The monoisotopic (exact) mass is 386 g/mol. The number of nitrogens with one attached hydrogen (secondary N) is 3. The number of nitrogens with zero attached hydrogens (tertiary/aromatic N) is 1. The first-order chi connectivity index (χ1) is 14.1. The van der Waals surface area contributed by atoms with E-state index in [0.29, 0.717) is 24.6 Å². The predicted molar refractivity (Wildman–Crippen MR) is 119 cm³/mol. The van der Waals surface area contributed by atoms with Gasteiger partial charge < -0.3 is 16.0 Å². The van der Waals surface area contributed by atoms with Crippen LogP contribution in [0.3, 0.4) is 0 Å². The van der Waals surface area contributed by atoms with E-state index in [2.05, 4.69) is 47.1 Å². The molecule has 0 heterocycles. The molecule has 0 spiro atoms. The van der Waals surface area contributed by atoms with Crippen molar-refractivity contribution in [1.29, 1.82) is 0 Å². The number of hydrogen-bond donors (Lipinski definition) is 3. The van der Waals surface area contributed by atoms with Crippen molar-refractivity contribution in [2.45, 2.75) is 20.0 Å². The molecular formula is C24H26N4O. The van der Waals surface area contributed by atoms with Gasteiger partial charge in [0.05, 0.1) is 6.54 Å². The Morgan fingerprint density at radius 3 is 2.38 bits per heavy atom. The number of amides is 1. The lowest BCUT2D eigenvalue weighted by Crippen LogP contribution is -2.30. The minimum Gasteiger partial charge on any atom is -0.355 e. The molecule has 0 aliphatic heterocycles. The Morgan fingerprint density at radius 2 is 1.66 bits per heavy atom. The number of hydrogen-bond acceptors (Lipinski definition) is 2. The summed E-state index contributed by atoms with van der Waals surface area (Å²) in [5.74, 6) is 0.582. The van der Waals surface area contributed by atoms with Crippen molar-refractivity contribution in [2.24, 2.45) is 4.99 Å². The Morgan fingerprint density at radius 1 is 0.897 bits per heavy atom. The fraction of sp³-hybridized carbons (Fsp3) is 0.167. The molecule has 0 radical (unpaired) electrons. The maximum absolute atomic E-state index is 11.9. The van der Waals surface area contributed by atoms with Crippen LogP contribution in [-0.2, 0) is 13.1 Å². The highest BCUT2D eigenvalue weighted by molar-refractivity contribution is 5.94. The first-order valence-electron chi connectivity index (χ1n) is 9.61. The summed E-state index contributed by atoms with van der Waals surface area (Å²) >= 11 is 0. The van der Waals surface area contributed by atoms with Crippen LogP contribution >= 0.6 is 0 Å². The van der Waals surface area contributed by atoms with Crippen molar-refractivity contribution in [2.75, 3.05) is 12.4 Å². The third-order valence-corrected chi connectivity index (χ3v) is 4.45. The van der Waals surface area contributed by atoms with E-state index in [-0.39, 0.29) is 5.91 Å². The largest absolute Gasteiger partial charge is 0.355 e.